The molecule has 0 aliphatic heterocycles. The summed E-state index contributed by atoms with van der Waals surface area (Å²) in [6.45, 7) is 0. The molecule has 1 unspecified atom stereocenters. The van der Waals surface area contributed by atoms with Gasteiger partial charge in [-0.05, 0) is 62.5 Å². The maximum atomic E-state index is 5.56. The molecule has 1 N–H and O–H groups in total. The van der Waals surface area contributed by atoms with Gasteiger partial charge in [-0.15, -0.1) is 11.3 Å². The molecule has 0 aromatic carbocycles. The summed E-state index contributed by atoms with van der Waals surface area (Å²) in [7, 11) is 1.92. The van der Waals surface area contributed by atoms with E-state index >= 15 is 0 Å². The van der Waals surface area contributed by atoms with Crippen molar-refractivity contribution in [2.24, 2.45) is 0 Å². The summed E-state index contributed by atoms with van der Waals surface area (Å²) in [4.78, 5) is 1.22. The molecule has 0 amide bonds. The Kier molecular flexibility index (Phi) is 3.66. The van der Waals surface area contributed by atoms with Crippen LogP contribution in [0.4, 0.5) is 0 Å². The fourth-order valence-electron chi connectivity index (χ4n) is 1.40. The predicted octanol–water partition coefficient (Wildman–Crippen LogP) is 4.17. The van der Waals surface area contributed by atoms with Crippen molar-refractivity contribution in [3.8, 4) is 0 Å². The second-order valence-electron chi connectivity index (χ2n) is 3.00. The van der Waals surface area contributed by atoms with Gasteiger partial charge in [0, 0.05) is 9.35 Å². The van der Waals surface area contributed by atoms with E-state index in [0.29, 0.717) is 0 Å². The SMILES string of the molecule is CNC(c1ccc(Br)o1)c1sccc1Br. The predicted molar refractivity (Wildman–Crippen MR) is 69.3 cm³/mol. The highest BCUT2D eigenvalue weighted by atomic mass is 79.9. The molecule has 0 spiro atoms. The summed E-state index contributed by atoms with van der Waals surface area (Å²) < 4.78 is 7.42. The van der Waals surface area contributed by atoms with Crippen LogP contribution < -0.4 is 5.32 Å². The Morgan fingerprint density at radius 1 is 1.33 bits per heavy atom. The van der Waals surface area contributed by atoms with Crippen LogP contribution >= 0.6 is 43.2 Å². The van der Waals surface area contributed by atoms with Crippen molar-refractivity contribution >= 4 is 43.2 Å². The van der Waals surface area contributed by atoms with Crippen molar-refractivity contribution < 1.29 is 4.42 Å². The zero-order valence-corrected chi connectivity index (χ0v) is 11.9. The standard InChI is InChI=1S/C10H9Br2NOS/c1-13-9(7-2-3-8(12)14-7)10-6(11)4-5-15-10/h2-5,9,13H,1H3. The molecule has 0 fully saturated rings. The first kappa shape index (κ1) is 11.4. The molecule has 15 heavy (non-hydrogen) atoms. The van der Waals surface area contributed by atoms with E-state index in [-0.39, 0.29) is 6.04 Å². The highest BCUT2D eigenvalue weighted by Crippen LogP contribution is 2.34. The van der Waals surface area contributed by atoms with Crippen LogP contribution in [0.2, 0.25) is 0 Å². The lowest BCUT2D eigenvalue weighted by Gasteiger charge is -2.12. The van der Waals surface area contributed by atoms with E-state index in [1.165, 1.54) is 4.88 Å². The van der Waals surface area contributed by atoms with Gasteiger partial charge in [0.05, 0.1) is 0 Å². The first-order chi connectivity index (χ1) is 7.22. The van der Waals surface area contributed by atoms with Gasteiger partial charge in [-0.2, -0.15) is 0 Å². The Morgan fingerprint density at radius 2 is 2.13 bits per heavy atom. The third-order valence-corrected chi connectivity index (χ3v) is 4.44. The molecule has 1 atom stereocenters. The second kappa shape index (κ2) is 4.82. The smallest absolute Gasteiger partial charge is 0.169 e. The molecule has 0 saturated carbocycles. The van der Waals surface area contributed by atoms with Gasteiger partial charge in [-0.25, -0.2) is 0 Å². The molecule has 2 rings (SSSR count). The van der Waals surface area contributed by atoms with Crippen LogP contribution in [0.25, 0.3) is 0 Å². The van der Waals surface area contributed by atoms with E-state index in [2.05, 4.69) is 42.6 Å². The van der Waals surface area contributed by atoms with Crippen molar-refractivity contribution in [2.75, 3.05) is 7.05 Å². The third-order valence-electron chi connectivity index (χ3n) is 2.07. The zero-order valence-electron chi connectivity index (χ0n) is 7.96. The van der Waals surface area contributed by atoms with Crippen LogP contribution in [0.1, 0.15) is 16.7 Å². The van der Waals surface area contributed by atoms with E-state index in [4.69, 9.17) is 4.42 Å². The van der Waals surface area contributed by atoms with Gasteiger partial charge >= 0.3 is 0 Å². The minimum absolute atomic E-state index is 0.102. The first-order valence-electron chi connectivity index (χ1n) is 4.37. The highest BCUT2D eigenvalue weighted by molar-refractivity contribution is 9.10. The van der Waals surface area contributed by atoms with Gasteiger partial charge in [0.25, 0.3) is 0 Å². The summed E-state index contributed by atoms with van der Waals surface area (Å²) in [5, 5.41) is 5.30. The van der Waals surface area contributed by atoms with Crippen molar-refractivity contribution in [3.05, 3.63) is 43.4 Å². The molecular formula is C10H9Br2NOS. The van der Waals surface area contributed by atoms with Crippen molar-refractivity contribution in [1.82, 2.24) is 5.32 Å². The summed E-state index contributed by atoms with van der Waals surface area (Å²) >= 11 is 8.54. The molecule has 0 aliphatic rings. The van der Waals surface area contributed by atoms with E-state index in [1.807, 2.05) is 25.2 Å². The largest absolute Gasteiger partial charge is 0.452 e. The number of halogens is 2. The molecular weight excluding hydrogens is 342 g/mol. The Labute approximate surface area is 109 Å². The number of hydrogen-bond donors (Lipinski definition) is 1. The number of rotatable bonds is 3. The van der Waals surface area contributed by atoms with Crippen LogP contribution in [0.15, 0.2) is 37.1 Å². The quantitative estimate of drug-likeness (QED) is 0.898. The lowest BCUT2D eigenvalue weighted by Crippen LogP contribution is -2.16. The van der Waals surface area contributed by atoms with Crippen molar-refractivity contribution in [3.63, 3.8) is 0 Å². The van der Waals surface area contributed by atoms with Gasteiger partial charge in [0.2, 0.25) is 0 Å². The van der Waals surface area contributed by atoms with Crippen LogP contribution in [0.5, 0.6) is 0 Å². The van der Waals surface area contributed by atoms with Crippen LogP contribution in [-0.4, -0.2) is 7.05 Å². The highest BCUT2D eigenvalue weighted by Gasteiger charge is 2.19. The van der Waals surface area contributed by atoms with E-state index in [9.17, 15) is 0 Å². The average molecular weight is 351 g/mol. The molecule has 5 heteroatoms. The van der Waals surface area contributed by atoms with E-state index < -0.39 is 0 Å². The molecule has 2 heterocycles. The zero-order chi connectivity index (χ0) is 10.8. The molecule has 0 bridgehead atoms. The van der Waals surface area contributed by atoms with E-state index in [0.717, 1.165) is 14.9 Å². The first-order valence-corrected chi connectivity index (χ1v) is 6.84. The van der Waals surface area contributed by atoms with Crippen LogP contribution in [-0.2, 0) is 0 Å². The number of furan rings is 1. The summed E-state index contributed by atoms with van der Waals surface area (Å²) in [5.41, 5.74) is 0. The second-order valence-corrected chi connectivity index (χ2v) is 5.58. The molecule has 80 valence electrons. The number of nitrogens with one attached hydrogen (secondary N) is 1. The van der Waals surface area contributed by atoms with Gasteiger partial charge in [-0.3, -0.25) is 0 Å². The van der Waals surface area contributed by atoms with Gasteiger partial charge < -0.3 is 9.73 Å². The van der Waals surface area contributed by atoms with Gasteiger partial charge in [0.1, 0.15) is 11.8 Å². The van der Waals surface area contributed by atoms with Crippen LogP contribution in [0, 0.1) is 0 Å². The molecule has 2 aromatic rings. The summed E-state index contributed by atoms with van der Waals surface area (Å²) in [6.07, 6.45) is 0. The molecule has 2 aromatic heterocycles. The monoisotopic (exact) mass is 349 g/mol. The molecule has 0 radical (unpaired) electrons. The minimum Gasteiger partial charge on any atom is -0.452 e. The van der Waals surface area contributed by atoms with Gasteiger partial charge in [0.15, 0.2) is 4.67 Å². The Bertz CT molecular complexity index is 452. The maximum absolute atomic E-state index is 5.56. The lowest BCUT2D eigenvalue weighted by molar-refractivity contribution is 0.449. The summed E-state index contributed by atoms with van der Waals surface area (Å²) in [6, 6.07) is 6.02. The fourth-order valence-corrected chi connectivity index (χ4v) is 3.43. The Morgan fingerprint density at radius 3 is 2.60 bits per heavy atom. The molecule has 0 aliphatic carbocycles. The van der Waals surface area contributed by atoms with E-state index in [1.54, 1.807) is 11.3 Å². The lowest BCUT2D eigenvalue weighted by atomic mass is 10.2. The number of hydrogen-bond acceptors (Lipinski definition) is 3. The Balaban J connectivity index is 2.36. The van der Waals surface area contributed by atoms with Gasteiger partial charge in [-0.1, -0.05) is 0 Å². The minimum atomic E-state index is 0.102. The third kappa shape index (κ3) is 2.36. The molecule has 0 saturated heterocycles. The fraction of sp³-hybridized carbons (Fsp3) is 0.200. The normalized spacial score (nSPS) is 13.0. The molecule has 2 nitrogen and oxygen atoms in total. The Hall–Kier alpha value is -0.100. The summed E-state index contributed by atoms with van der Waals surface area (Å²) in [5.74, 6) is 0.910. The van der Waals surface area contributed by atoms with Crippen molar-refractivity contribution in [2.45, 2.75) is 6.04 Å². The van der Waals surface area contributed by atoms with Crippen LogP contribution in [0.3, 0.4) is 0 Å². The topological polar surface area (TPSA) is 25.2 Å². The maximum Gasteiger partial charge on any atom is 0.169 e. The average Bonchev–Trinajstić information content (AvgIpc) is 2.79. The van der Waals surface area contributed by atoms with Crippen molar-refractivity contribution in [1.29, 1.82) is 0 Å². The number of thiophene rings is 1.